The maximum absolute atomic E-state index is 10.9. The molecule has 1 unspecified atom stereocenters. The van der Waals surface area contributed by atoms with Crippen LogP contribution in [0.4, 0.5) is 5.69 Å². The molecule has 2 rings (SSSR count). The SMILES string of the molecule is CC(NCc1ccccc1[N+](=O)[O-])c1cnccn1. The van der Waals surface area contributed by atoms with E-state index in [-0.39, 0.29) is 16.7 Å². The second-order valence-electron chi connectivity index (χ2n) is 4.12. The van der Waals surface area contributed by atoms with Gasteiger partial charge >= 0.3 is 0 Å². The van der Waals surface area contributed by atoms with E-state index < -0.39 is 0 Å². The molecule has 0 aliphatic rings. The Hall–Kier alpha value is -2.34. The van der Waals surface area contributed by atoms with E-state index in [4.69, 9.17) is 0 Å². The number of hydrogen-bond donors (Lipinski definition) is 1. The fourth-order valence-corrected chi connectivity index (χ4v) is 1.74. The topological polar surface area (TPSA) is 81.0 Å². The highest BCUT2D eigenvalue weighted by atomic mass is 16.6. The predicted octanol–water partition coefficient (Wildman–Crippen LogP) is 2.24. The summed E-state index contributed by atoms with van der Waals surface area (Å²) in [5, 5.41) is 14.1. The molecule has 0 fully saturated rings. The summed E-state index contributed by atoms with van der Waals surface area (Å²) in [4.78, 5) is 18.7. The maximum Gasteiger partial charge on any atom is 0.273 e. The molecule has 1 atom stereocenters. The molecule has 0 aliphatic carbocycles. The van der Waals surface area contributed by atoms with Crippen LogP contribution in [0.2, 0.25) is 0 Å². The number of rotatable bonds is 5. The molecule has 1 N–H and O–H groups in total. The van der Waals surface area contributed by atoms with Crippen molar-refractivity contribution in [3.05, 3.63) is 64.2 Å². The summed E-state index contributed by atoms with van der Waals surface area (Å²) in [6, 6.07) is 6.68. The molecule has 0 bridgehead atoms. The first-order valence-electron chi connectivity index (χ1n) is 5.90. The molecule has 6 heteroatoms. The van der Waals surface area contributed by atoms with E-state index in [1.54, 1.807) is 36.8 Å². The molecule has 19 heavy (non-hydrogen) atoms. The van der Waals surface area contributed by atoms with Crippen molar-refractivity contribution in [3.63, 3.8) is 0 Å². The number of nitro benzene ring substituents is 1. The molecule has 0 amide bonds. The highest BCUT2D eigenvalue weighted by Crippen LogP contribution is 2.18. The third-order valence-electron chi connectivity index (χ3n) is 2.81. The Kier molecular flexibility index (Phi) is 4.15. The zero-order valence-corrected chi connectivity index (χ0v) is 10.5. The van der Waals surface area contributed by atoms with E-state index in [0.29, 0.717) is 12.1 Å². The highest BCUT2D eigenvalue weighted by molar-refractivity contribution is 5.39. The lowest BCUT2D eigenvalue weighted by molar-refractivity contribution is -0.385. The van der Waals surface area contributed by atoms with Crippen LogP contribution in [-0.4, -0.2) is 14.9 Å². The molecule has 1 aromatic heterocycles. The Morgan fingerprint density at radius 1 is 1.37 bits per heavy atom. The summed E-state index contributed by atoms with van der Waals surface area (Å²) in [6.07, 6.45) is 4.91. The van der Waals surface area contributed by atoms with Gasteiger partial charge in [0.2, 0.25) is 0 Å². The van der Waals surface area contributed by atoms with Crippen LogP contribution in [0, 0.1) is 10.1 Å². The van der Waals surface area contributed by atoms with Crippen LogP contribution in [-0.2, 0) is 6.54 Å². The standard InChI is InChI=1S/C13H14N4O2/c1-10(12-9-14-6-7-15-12)16-8-11-4-2-3-5-13(11)17(18)19/h2-7,9-10,16H,8H2,1H3. The minimum Gasteiger partial charge on any atom is -0.304 e. The maximum atomic E-state index is 10.9. The van der Waals surface area contributed by atoms with Crippen molar-refractivity contribution >= 4 is 5.69 Å². The Labute approximate surface area is 110 Å². The molecule has 98 valence electrons. The molecule has 1 aromatic carbocycles. The van der Waals surface area contributed by atoms with Crippen molar-refractivity contribution in [1.29, 1.82) is 0 Å². The Bertz CT molecular complexity index is 560. The van der Waals surface area contributed by atoms with Gasteiger partial charge in [0.25, 0.3) is 5.69 Å². The molecule has 0 aliphatic heterocycles. The quantitative estimate of drug-likeness (QED) is 0.657. The minimum atomic E-state index is -0.371. The fraction of sp³-hybridized carbons (Fsp3) is 0.231. The first kappa shape index (κ1) is 13.1. The number of nitrogens with one attached hydrogen (secondary N) is 1. The fourth-order valence-electron chi connectivity index (χ4n) is 1.74. The summed E-state index contributed by atoms with van der Waals surface area (Å²) in [7, 11) is 0. The zero-order chi connectivity index (χ0) is 13.7. The predicted molar refractivity (Wildman–Crippen MR) is 70.4 cm³/mol. The molecule has 0 radical (unpaired) electrons. The van der Waals surface area contributed by atoms with Crippen molar-refractivity contribution in [2.45, 2.75) is 19.5 Å². The summed E-state index contributed by atoms with van der Waals surface area (Å²) in [5.74, 6) is 0. The van der Waals surface area contributed by atoms with Crippen LogP contribution in [0.5, 0.6) is 0 Å². The number of benzene rings is 1. The van der Waals surface area contributed by atoms with Gasteiger partial charge in [-0.1, -0.05) is 18.2 Å². The molecular weight excluding hydrogens is 244 g/mol. The monoisotopic (exact) mass is 258 g/mol. The number of nitro groups is 1. The smallest absolute Gasteiger partial charge is 0.273 e. The van der Waals surface area contributed by atoms with Crippen molar-refractivity contribution in [3.8, 4) is 0 Å². The normalized spacial score (nSPS) is 12.1. The molecule has 6 nitrogen and oxygen atoms in total. The second kappa shape index (κ2) is 6.01. The van der Waals surface area contributed by atoms with Crippen LogP contribution in [0.3, 0.4) is 0 Å². The first-order valence-corrected chi connectivity index (χ1v) is 5.90. The van der Waals surface area contributed by atoms with E-state index >= 15 is 0 Å². The van der Waals surface area contributed by atoms with Gasteiger partial charge in [0.05, 0.1) is 10.6 Å². The van der Waals surface area contributed by atoms with Gasteiger partial charge in [-0.15, -0.1) is 0 Å². The average Bonchev–Trinajstić information content (AvgIpc) is 2.46. The number of hydrogen-bond acceptors (Lipinski definition) is 5. The lowest BCUT2D eigenvalue weighted by Crippen LogP contribution is -2.19. The number of aromatic nitrogens is 2. The lowest BCUT2D eigenvalue weighted by atomic mass is 10.1. The van der Waals surface area contributed by atoms with E-state index in [9.17, 15) is 10.1 Å². The van der Waals surface area contributed by atoms with Crippen molar-refractivity contribution in [1.82, 2.24) is 15.3 Å². The van der Waals surface area contributed by atoms with Crippen LogP contribution in [0.15, 0.2) is 42.9 Å². The van der Waals surface area contributed by atoms with E-state index in [1.165, 1.54) is 6.07 Å². The van der Waals surface area contributed by atoms with Crippen LogP contribution >= 0.6 is 0 Å². The largest absolute Gasteiger partial charge is 0.304 e. The van der Waals surface area contributed by atoms with E-state index in [1.807, 2.05) is 6.92 Å². The van der Waals surface area contributed by atoms with E-state index in [0.717, 1.165) is 5.69 Å². The van der Waals surface area contributed by atoms with Crippen molar-refractivity contribution in [2.24, 2.45) is 0 Å². The minimum absolute atomic E-state index is 0.0199. The molecule has 0 spiro atoms. The highest BCUT2D eigenvalue weighted by Gasteiger charge is 2.13. The number of nitrogens with zero attached hydrogens (tertiary/aromatic N) is 3. The Morgan fingerprint density at radius 3 is 2.84 bits per heavy atom. The Balaban J connectivity index is 2.05. The van der Waals surface area contributed by atoms with Gasteiger partial charge in [-0.25, -0.2) is 0 Å². The third kappa shape index (κ3) is 3.32. The van der Waals surface area contributed by atoms with Gasteiger partial charge in [0.1, 0.15) is 0 Å². The molecular formula is C13H14N4O2. The van der Waals surface area contributed by atoms with Gasteiger partial charge < -0.3 is 5.32 Å². The first-order chi connectivity index (χ1) is 9.18. The summed E-state index contributed by atoms with van der Waals surface area (Å²) < 4.78 is 0. The van der Waals surface area contributed by atoms with Crippen molar-refractivity contribution < 1.29 is 4.92 Å². The summed E-state index contributed by atoms with van der Waals surface area (Å²) >= 11 is 0. The van der Waals surface area contributed by atoms with Crippen LogP contribution in [0.1, 0.15) is 24.2 Å². The van der Waals surface area contributed by atoms with Gasteiger partial charge in [-0.3, -0.25) is 20.1 Å². The van der Waals surface area contributed by atoms with Crippen LogP contribution in [0.25, 0.3) is 0 Å². The van der Waals surface area contributed by atoms with Gasteiger partial charge in [-0.2, -0.15) is 0 Å². The van der Waals surface area contributed by atoms with Gasteiger partial charge in [0, 0.05) is 42.8 Å². The second-order valence-corrected chi connectivity index (χ2v) is 4.12. The van der Waals surface area contributed by atoms with Gasteiger partial charge in [0.15, 0.2) is 0 Å². The summed E-state index contributed by atoms with van der Waals surface area (Å²) in [6.45, 7) is 2.35. The van der Waals surface area contributed by atoms with Gasteiger partial charge in [-0.05, 0) is 6.92 Å². The lowest BCUT2D eigenvalue weighted by Gasteiger charge is -2.12. The third-order valence-corrected chi connectivity index (χ3v) is 2.81. The number of para-hydroxylation sites is 1. The summed E-state index contributed by atoms with van der Waals surface area (Å²) in [5.41, 5.74) is 1.59. The average molecular weight is 258 g/mol. The Morgan fingerprint density at radius 2 is 2.16 bits per heavy atom. The zero-order valence-electron chi connectivity index (χ0n) is 10.5. The molecule has 1 heterocycles. The molecule has 2 aromatic rings. The molecule has 0 saturated heterocycles. The molecule has 0 saturated carbocycles. The van der Waals surface area contributed by atoms with Crippen molar-refractivity contribution in [2.75, 3.05) is 0 Å². The van der Waals surface area contributed by atoms with E-state index in [2.05, 4.69) is 15.3 Å². The van der Waals surface area contributed by atoms with Crippen LogP contribution < -0.4 is 5.32 Å².